The van der Waals surface area contributed by atoms with E-state index in [1.54, 1.807) is 0 Å². The van der Waals surface area contributed by atoms with Gasteiger partial charge in [-0.25, -0.2) is 5.10 Å². The zero-order valence-corrected chi connectivity index (χ0v) is 7.71. The van der Waals surface area contributed by atoms with Crippen molar-refractivity contribution in [1.82, 2.24) is 15.2 Å². The first-order chi connectivity index (χ1) is 4.29. The number of nitrogens with zero attached hydrogens (tertiary/aromatic N) is 2. The van der Waals surface area contributed by atoms with E-state index in [2.05, 4.69) is 45.3 Å². The Bertz CT molecular complexity index is 198. The Labute approximate surface area is 84.1 Å². The van der Waals surface area contributed by atoms with Crippen LogP contribution in [0.15, 0.2) is 6.33 Å². The van der Waals surface area contributed by atoms with Gasteiger partial charge in [-0.05, 0) is 0 Å². The average Bonchev–Trinajstić information content (AvgIpc) is 2.15. The number of hydrogen-bond acceptors (Lipinski definition) is 4. The van der Waals surface area contributed by atoms with Crippen LogP contribution in [0, 0.1) is 0 Å². The molecule has 0 aliphatic carbocycles. The monoisotopic (exact) mass is 266 g/mol. The molecule has 0 radical (unpaired) electrons. The predicted molar refractivity (Wildman–Crippen MR) is 40.0 cm³/mol. The van der Waals surface area contributed by atoms with E-state index in [1.165, 1.54) is 6.33 Å². The van der Waals surface area contributed by atoms with Crippen LogP contribution in [-0.2, 0) is 35.0 Å². The van der Waals surface area contributed by atoms with Crippen LogP contribution in [-0.4, -0.2) is 19.5 Å². The van der Waals surface area contributed by atoms with Gasteiger partial charge in [-0.3, -0.25) is 0 Å². The minimum absolute atomic E-state index is 0. The van der Waals surface area contributed by atoms with Gasteiger partial charge in [-0.1, -0.05) is 4.32 Å². The van der Waals surface area contributed by atoms with Crippen LogP contribution in [0.4, 0.5) is 5.95 Å². The van der Waals surface area contributed by atoms with Crippen LogP contribution in [0.1, 0.15) is 0 Å². The second-order valence-corrected chi connectivity index (χ2v) is 2.32. The van der Waals surface area contributed by atoms with E-state index in [-0.39, 0.29) is 26.7 Å². The average molecular weight is 267 g/mol. The van der Waals surface area contributed by atoms with Crippen molar-refractivity contribution in [3.63, 3.8) is 0 Å². The summed E-state index contributed by atoms with van der Waals surface area (Å²) in [6, 6.07) is 0. The van der Waals surface area contributed by atoms with Gasteiger partial charge in [-0.15, -0.1) is 0 Å². The first kappa shape index (κ1) is 9.99. The van der Waals surface area contributed by atoms with E-state index >= 15 is 0 Å². The molecule has 10 heavy (non-hydrogen) atoms. The van der Waals surface area contributed by atoms with Gasteiger partial charge in [0.15, 0.2) is 0 Å². The van der Waals surface area contributed by atoms with Crippen LogP contribution in [0.3, 0.4) is 0 Å². The molecule has 0 amide bonds. The van der Waals surface area contributed by atoms with Crippen LogP contribution < -0.4 is 5.32 Å². The third-order valence-corrected chi connectivity index (χ3v) is 0.840. The summed E-state index contributed by atoms with van der Waals surface area (Å²) in [6.07, 6.45) is 1.37. The summed E-state index contributed by atoms with van der Waals surface area (Å²) >= 11 is 9.12. The summed E-state index contributed by atoms with van der Waals surface area (Å²) < 4.78 is 0.256. The van der Waals surface area contributed by atoms with Crippen molar-refractivity contribution in [1.29, 1.82) is 0 Å². The molecule has 4 nitrogen and oxygen atoms in total. The van der Waals surface area contributed by atoms with Crippen LogP contribution in [0.2, 0.25) is 0 Å². The maximum absolute atomic E-state index is 4.56. The predicted octanol–water partition coefficient (Wildman–Crippen LogP) is 0.0459. The zero-order valence-electron chi connectivity index (χ0n) is 4.59. The molecular formula is C3H3AgN4S2. The third kappa shape index (κ3) is 3.23. The number of nitrogens with one attached hydrogen (secondary N) is 2. The van der Waals surface area contributed by atoms with Gasteiger partial charge >= 0.3 is 22.4 Å². The van der Waals surface area contributed by atoms with Gasteiger partial charge in [0.05, 0.1) is 0 Å². The molecule has 1 aromatic rings. The molecule has 1 heterocycles. The molecule has 0 spiro atoms. The first-order valence-corrected chi connectivity index (χ1v) is 2.94. The molecule has 0 unspecified atom stereocenters. The molecule has 0 aliphatic heterocycles. The smallest absolute Gasteiger partial charge is 0.411 e. The molecule has 0 aromatic carbocycles. The minimum atomic E-state index is 0. The topological polar surface area (TPSA) is 53.6 Å². The fourth-order valence-electron chi connectivity index (χ4n) is 0.362. The van der Waals surface area contributed by atoms with E-state index < -0.39 is 0 Å². The summed E-state index contributed by atoms with van der Waals surface area (Å²) in [7, 11) is 0. The fraction of sp³-hybridized carbons (Fsp3) is 0. The van der Waals surface area contributed by atoms with E-state index in [4.69, 9.17) is 0 Å². The summed E-state index contributed by atoms with van der Waals surface area (Å²) in [5, 5.41) is 8.71. The second kappa shape index (κ2) is 4.75. The molecule has 0 aliphatic rings. The minimum Gasteiger partial charge on any atom is -0.411 e. The van der Waals surface area contributed by atoms with Gasteiger partial charge in [0.1, 0.15) is 6.33 Å². The third-order valence-electron chi connectivity index (χ3n) is 0.635. The Balaban J connectivity index is 0.000000810. The standard InChI is InChI=1S/C3H4N4S2.Ag/c8-3(9)6-2-4-1-5-7-2;/h1H,(H3,4,5,6,7,8,9);/q;+1/p-1. The van der Waals surface area contributed by atoms with Crippen molar-refractivity contribution in [3.05, 3.63) is 6.33 Å². The van der Waals surface area contributed by atoms with Gasteiger partial charge < -0.3 is 30.2 Å². The largest absolute Gasteiger partial charge is 1.00 e. The van der Waals surface area contributed by atoms with E-state index in [1.807, 2.05) is 0 Å². The molecule has 0 saturated carbocycles. The molecule has 7 heteroatoms. The van der Waals surface area contributed by atoms with Crippen molar-refractivity contribution >= 4 is 35.1 Å². The Morgan fingerprint density at radius 3 is 2.90 bits per heavy atom. The zero-order chi connectivity index (χ0) is 6.69. The molecule has 0 bridgehead atoms. The number of rotatable bonds is 1. The Hall–Kier alpha value is -0.00974. The van der Waals surface area contributed by atoms with E-state index in [9.17, 15) is 0 Å². The summed E-state index contributed by atoms with van der Waals surface area (Å²) in [4.78, 5) is 3.72. The van der Waals surface area contributed by atoms with Gasteiger partial charge in [0.2, 0.25) is 5.95 Å². The van der Waals surface area contributed by atoms with Crippen LogP contribution in [0.5, 0.6) is 0 Å². The van der Waals surface area contributed by atoms with Crippen LogP contribution in [0.25, 0.3) is 0 Å². The SMILES string of the molecule is S=C([S-])Nc1ncn[nH]1.[Ag+]. The Kier molecular flexibility index (Phi) is 4.75. The molecule has 1 rings (SSSR count). The quantitative estimate of drug-likeness (QED) is 0.427. The van der Waals surface area contributed by atoms with Crippen molar-refractivity contribution in [2.45, 2.75) is 0 Å². The molecule has 0 atom stereocenters. The number of H-pyrrole nitrogens is 1. The Morgan fingerprint density at radius 2 is 2.50 bits per heavy atom. The normalized spacial score (nSPS) is 8.00. The molecule has 1 aromatic heterocycles. The first-order valence-electron chi connectivity index (χ1n) is 2.12. The van der Waals surface area contributed by atoms with E-state index in [0.29, 0.717) is 5.95 Å². The van der Waals surface area contributed by atoms with Crippen molar-refractivity contribution in [3.8, 4) is 0 Å². The molecule has 2 N–H and O–H groups in total. The van der Waals surface area contributed by atoms with E-state index in [0.717, 1.165) is 0 Å². The Morgan fingerprint density at radius 1 is 1.80 bits per heavy atom. The maximum atomic E-state index is 4.56. The van der Waals surface area contributed by atoms with Gasteiger partial charge in [-0.2, -0.15) is 10.1 Å². The number of thiocarbonyl (C=S) groups is 1. The number of aromatic amines is 1. The molecule has 58 valence electrons. The summed E-state index contributed by atoms with van der Waals surface area (Å²) in [5.74, 6) is 0.481. The maximum Gasteiger partial charge on any atom is 1.00 e. The molecule has 0 fully saturated rings. The number of aromatic nitrogens is 3. The second-order valence-electron chi connectivity index (χ2n) is 1.25. The number of hydrogen-bond donors (Lipinski definition) is 2. The fourth-order valence-corrected chi connectivity index (χ4v) is 0.556. The summed E-state index contributed by atoms with van der Waals surface area (Å²) in [6.45, 7) is 0. The molecular weight excluding hydrogens is 264 g/mol. The molecule has 0 saturated heterocycles. The number of anilines is 1. The van der Waals surface area contributed by atoms with Gasteiger partial charge in [0.25, 0.3) is 0 Å². The van der Waals surface area contributed by atoms with Gasteiger partial charge in [0, 0.05) is 0 Å². The van der Waals surface area contributed by atoms with Crippen LogP contribution >= 0.6 is 12.2 Å². The van der Waals surface area contributed by atoms with Crippen molar-refractivity contribution < 1.29 is 22.4 Å². The van der Waals surface area contributed by atoms with Crippen molar-refractivity contribution in [2.75, 3.05) is 5.32 Å². The van der Waals surface area contributed by atoms with Crippen molar-refractivity contribution in [2.24, 2.45) is 0 Å². The summed E-state index contributed by atoms with van der Waals surface area (Å²) in [5.41, 5.74) is 0.